The number of hydrogen-bond acceptors (Lipinski definition) is 5. The lowest BCUT2D eigenvalue weighted by molar-refractivity contribution is 0.100. The van der Waals surface area contributed by atoms with Crippen molar-refractivity contribution in [2.75, 3.05) is 13.7 Å². The Morgan fingerprint density at radius 3 is 2.59 bits per heavy atom. The van der Waals surface area contributed by atoms with Crippen LogP contribution in [-0.4, -0.2) is 29.2 Å². The molecular weight excluding hydrogens is 362 g/mol. The Morgan fingerprint density at radius 1 is 1.22 bits per heavy atom. The molecule has 0 bridgehead atoms. The van der Waals surface area contributed by atoms with E-state index in [1.165, 1.54) is 11.8 Å². The van der Waals surface area contributed by atoms with Crippen molar-refractivity contribution in [3.63, 3.8) is 0 Å². The van der Waals surface area contributed by atoms with Crippen LogP contribution in [0.15, 0.2) is 58.5 Å². The van der Waals surface area contributed by atoms with Gasteiger partial charge in [0.15, 0.2) is 5.16 Å². The molecule has 0 aliphatic rings. The molecule has 7 heteroatoms. The van der Waals surface area contributed by atoms with E-state index in [1.54, 1.807) is 29.9 Å². The van der Waals surface area contributed by atoms with Gasteiger partial charge in [-0.3, -0.25) is 14.2 Å². The van der Waals surface area contributed by atoms with E-state index < -0.39 is 5.91 Å². The second-order valence-electron chi connectivity index (χ2n) is 6.24. The Labute approximate surface area is 161 Å². The van der Waals surface area contributed by atoms with E-state index in [-0.39, 0.29) is 11.6 Å². The predicted molar refractivity (Wildman–Crippen MR) is 107 cm³/mol. The molecule has 0 aliphatic heterocycles. The van der Waals surface area contributed by atoms with Crippen LogP contribution in [-0.2, 0) is 10.5 Å². The van der Waals surface area contributed by atoms with E-state index >= 15 is 0 Å². The molecule has 1 aromatic heterocycles. The molecule has 0 fully saturated rings. The van der Waals surface area contributed by atoms with Crippen molar-refractivity contribution in [2.45, 2.75) is 23.9 Å². The normalized spacial score (nSPS) is 12.2. The first-order chi connectivity index (χ1) is 13.0. The molecule has 2 aromatic carbocycles. The summed E-state index contributed by atoms with van der Waals surface area (Å²) in [4.78, 5) is 28.9. The standard InChI is InChI=1S/C20H21N3O3S/c1-13(11-26-2)23-19(25)16-5-3-4-6-17(16)22-20(23)27-12-14-7-9-15(10-8-14)18(21)24/h3-10,13H,11-12H2,1-2H3,(H2,21,24). The lowest BCUT2D eigenvalue weighted by Gasteiger charge is -2.19. The predicted octanol–water partition coefficient (Wildman–Crippen LogP) is 3.00. The van der Waals surface area contributed by atoms with Gasteiger partial charge in [0.2, 0.25) is 5.91 Å². The third-order valence-corrected chi connectivity index (χ3v) is 5.25. The Morgan fingerprint density at radius 2 is 1.93 bits per heavy atom. The van der Waals surface area contributed by atoms with Crippen LogP contribution in [0.5, 0.6) is 0 Å². The summed E-state index contributed by atoms with van der Waals surface area (Å²) < 4.78 is 6.93. The molecule has 0 spiro atoms. The maximum absolute atomic E-state index is 13.0. The lowest BCUT2D eigenvalue weighted by atomic mass is 10.1. The Kier molecular flexibility index (Phi) is 5.93. The van der Waals surface area contributed by atoms with Crippen molar-refractivity contribution < 1.29 is 9.53 Å². The van der Waals surface area contributed by atoms with Crippen molar-refractivity contribution in [1.29, 1.82) is 0 Å². The van der Waals surface area contributed by atoms with Gasteiger partial charge in [-0.05, 0) is 36.8 Å². The highest BCUT2D eigenvalue weighted by molar-refractivity contribution is 7.98. The molecule has 1 heterocycles. The number of para-hydroxylation sites is 1. The maximum atomic E-state index is 13.0. The van der Waals surface area contributed by atoms with Crippen molar-refractivity contribution in [3.8, 4) is 0 Å². The molecule has 3 aromatic rings. The highest BCUT2D eigenvalue weighted by Gasteiger charge is 2.16. The number of carbonyl (C=O) groups excluding carboxylic acids is 1. The van der Waals surface area contributed by atoms with Gasteiger partial charge in [0.1, 0.15) is 0 Å². The number of fused-ring (bicyclic) bond motifs is 1. The number of nitrogens with zero attached hydrogens (tertiary/aromatic N) is 2. The quantitative estimate of drug-likeness (QED) is 0.501. The number of nitrogens with two attached hydrogens (primary N) is 1. The number of thioether (sulfide) groups is 1. The fourth-order valence-electron chi connectivity index (χ4n) is 2.84. The molecule has 6 nitrogen and oxygen atoms in total. The van der Waals surface area contributed by atoms with Crippen LogP contribution in [0, 0.1) is 0 Å². The van der Waals surface area contributed by atoms with Crippen molar-refractivity contribution >= 4 is 28.6 Å². The minimum Gasteiger partial charge on any atom is -0.383 e. The van der Waals surface area contributed by atoms with Gasteiger partial charge in [-0.1, -0.05) is 36.0 Å². The molecule has 27 heavy (non-hydrogen) atoms. The number of hydrogen-bond donors (Lipinski definition) is 1. The fourth-order valence-corrected chi connectivity index (χ4v) is 3.90. The average Bonchev–Trinajstić information content (AvgIpc) is 2.67. The zero-order valence-corrected chi connectivity index (χ0v) is 16.0. The summed E-state index contributed by atoms with van der Waals surface area (Å²) in [5, 5.41) is 1.23. The van der Waals surface area contributed by atoms with E-state index in [0.717, 1.165) is 5.56 Å². The van der Waals surface area contributed by atoms with Gasteiger partial charge in [0.05, 0.1) is 23.6 Å². The number of carbonyl (C=O) groups is 1. The van der Waals surface area contributed by atoms with Gasteiger partial charge >= 0.3 is 0 Å². The number of rotatable bonds is 7. The van der Waals surface area contributed by atoms with Crippen molar-refractivity contribution in [3.05, 3.63) is 70.0 Å². The number of amides is 1. The topological polar surface area (TPSA) is 87.2 Å². The van der Waals surface area contributed by atoms with E-state index in [2.05, 4.69) is 0 Å². The number of primary amides is 1. The Hall–Kier alpha value is -2.64. The van der Waals surface area contributed by atoms with Crippen LogP contribution in [0.3, 0.4) is 0 Å². The first-order valence-electron chi connectivity index (χ1n) is 8.53. The van der Waals surface area contributed by atoms with Crippen LogP contribution >= 0.6 is 11.8 Å². The Balaban J connectivity index is 1.95. The molecule has 0 saturated carbocycles. The number of aromatic nitrogens is 2. The second kappa shape index (κ2) is 8.37. The van der Waals surface area contributed by atoms with Gasteiger partial charge in [-0.2, -0.15) is 0 Å². The molecule has 1 unspecified atom stereocenters. The van der Waals surface area contributed by atoms with Crippen molar-refractivity contribution in [2.24, 2.45) is 5.73 Å². The lowest BCUT2D eigenvalue weighted by Crippen LogP contribution is -2.28. The smallest absolute Gasteiger partial charge is 0.262 e. The first-order valence-corrected chi connectivity index (χ1v) is 9.51. The van der Waals surface area contributed by atoms with Crippen molar-refractivity contribution in [1.82, 2.24) is 9.55 Å². The largest absolute Gasteiger partial charge is 0.383 e. The number of methoxy groups -OCH3 is 1. The molecule has 1 amide bonds. The van der Waals surface area contributed by atoms with E-state index in [9.17, 15) is 9.59 Å². The van der Waals surface area contributed by atoms with Crippen LogP contribution in [0.25, 0.3) is 10.9 Å². The fraction of sp³-hybridized carbons (Fsp3) is 0.250. The summed E-state index contributed by atoms with van der Waals surface area (Å²) in [6, 6.07) is 14.3. The van der Waals surface area contributed by atoms with Crippen LogP contribution < -0.4 is 11.3 Å². The van der Waals surface area contributed by atoms with E-state index in [1.807, 2.05) is 37.3 Å². The van der Waals surface area contributed by atoms with Gasteiger partial charge in [0.25, 0.3) is 5.56 Å². The van der Waals surface area contributed by atoms with Gasteiger partial charge in [-0.15, -0.1) is 0 Å². The molecule has 0 radical (unpaired) electrons. The summed E-state index contributed by atoms with van der Waals surface area (Å²) in [7, 11) is 1.61. The molecule has 1 atom stereocenters. The summed E-state index contributed by atoms with van der Waals surface area (Å²) in [6.45, 7) is 2.36. The molecule has 0 saturated heterocycles. The summed E-state index contributed by atoms with van der Waals surface area (Å²) in [5.74, 6) is 0.163. The average molecular weight is 383 g/mol. The minimum atomic E-state index is -0.451. The third-order valence-electron chi connectivity index (χ3n) is 4.23. The SMILES string of the molecule is COCC(C)n1c(SCc2ccc(C(N)=O)cc2)nc2ccccc2c1=O. The first kappa shape index (κ1) is 19.1. The van der Waals surface area contributed by atoms with Gasteiger partial charge in [-0.25, -0.2) is 4.98 Å². The zero-order valence-electron chi connectivity index (χ0n) is 15.2. The molecule has 0 aliphatic carbocycles. The maximum Gasteiger partial charge on any atom is 0.262 e. The highest BCUT2D eigenvalue weighted by atomic mass is 32.2. The number of benzene rings is 2. The van der Waals surface area contributed by atoms with Gasteiger partial charge < -0.3 is 10.5 Å². The summed E-state index contributed by atoms with van der Waals surface area (Å²) in [5.41, 5.74) is 7.36. The van der Waals surface area contributed by atoms with Crippen LogP contribution in [0.2, 0.25) is 0 Å². The van der Waals surface area contributed by atoms with E-state index in [0.29, 0.717) is 34.0 Å². The molecule has 2 N–H and O–H groups in total. The zero-order chi connectivity index (χ0) is 19.4. The second-order valence-corrected chi connectivity index (χ2v) is 7.18. The summed E-state index contributed by atoms with van der Waals surface area (Å²) in [6.07, 6.45) is 0. The number of ether oxygens (including phenoxy) is 1. The van der Waals surface area contributed by atoms with Crippen LogP contribution in [0.4, 0.5) is 0 Å². The van der Waals surface area contributed by atoms with Crippen LogP contribution in [0.1, 0.15) is 28.9 Å². The minimum absolute atomic E-state index is 0.0725. The third kappa shape index (κ3) is 4.20. The molecular formula is C20H21N3O3S. The molecule has 140 valence electrons. The van der Waals surface area contributed by atoms with E-state index in [4.69, 9.17) is 15.5 Å². The summed E-state index contributed by atoms with van der Waals surface area (Å²) >= 11 is 1.48. The molecule has 3 rings (SSSR count). The van der Waals surface area contributed by atoms with Gasteiger partial charge in [0, 0.05) is 18.4 Å². The monoisotopic (exact) mass is 383 g/mol. The highest BCUT2D eigenvalue weighted by Crippen LogP contribution is 2.24. The Bertz CT molecular complexity index is 1020.